The van der Waals surface area contributed by atoms with Crippen molar-refractivity contribution in [3.63, 3.8) is 0 Å². The van der Waals surface area contributed by atoms with E-state index in [-0.39, 0.29) is 12.4 Å². The van der Waals surface area contributed by atoms with E-state index in [1.165, 1.54) is 24.3 Å². The Morgan fingerprint density at radius 2 is 1.48 bits per heavy atom. The predicted molar refractivity (Wildman–Crippen MR) is 119 cm³/mol. The van der Waals surface area contributed by atoms with E-state index < -0.39 is 12.5 Å². The van der Waals surface area contributed by atoms with Crippen molar-refractivity contribution >= 4 is 28.7 Å². The molecule has 0 bridgehead atoms. The second kappa shape index (κ2) is 10.3. The molecule has 0 atom stereocenters. The molecule has 1 heterocycles. The lowest BCUT2D eigenvalue weighted by Gasteiger charge is -2.18. The highest BCUT2D eigenvalue weighted by Crippen LogP contribution is 2.29. The van der Waals surface area contributed by atoms with Crippen LogP contribution < -0.4 is 14.6 Å². The Hall–Kier alpha value is -3.02. The lowest BCUT2D eigenvalue weighted by Crippen LogP contribution is -2.24. The summed E-state index contributed by atoms with van der Waals surface area (Å²) in [6, 6.07) is 12.2. The Labute approximate surface area is 201 Å². The van der Waals surface area contributed by atoms with Crippen LogP contribution in [0.2, 0.25) is 0 Å². The van der Waals surface area contributed by atoms with Crippen molar-refractivity contribution in [3.8, 4) is 17.2 Å². The van der Waals surface area contributed by atoms with Crippen molar-refractivity contribution in [1.82, 2.24) is 4.98 Å². The Morgan fingerprint density at radius 3 is 2.03 bits per heavy atom. The first-order chi connectivity index (χ1) is 15.5. The number of pyridine rings is 1. The van der Waals surface area contributed by atoms with Gasteiger partial charge in [-0.3, -0.25) is 4.98 Å². The average Bonchev–Trinajstić information content (AvgIpc) is 2.73. The summed E-state index contributed by atoms with van der Waals surface area (Å²) in [5.41, 5.74) is 4.08. The van der Waals surface area contributed by atoms with Crippen molar-refractivity contribution in [2.24, 2.45) is 0 Å². The largest absolute Gasteiger partial charge is 0.573 e. The SMILES string of the molecule is Cc1nc(C)c(Cc2ccc(Oc3ccc(OC(F)(F)F)cc3)cc2)c(COC(=O)[O-])c1I. The summed E-state index contributed by atoms with van der Waals surface area (Å²) in [6.07, 6.45) is -5.86. The highest BCUT2D eigenvalue weighted by Gasteiger charge is 2.31. The molecule has 1 aromatic heterocycles. The van der Waals surface area contributed by atoms with Gasteiger partial charge in [0.05, 0.1) is 12.3 Å². The van der Waals surface area contributed by atoms with Gasteiger partial charge < -0.3 is 24.1 Å². The van der Waals surface area contributed by atoms with Gasteiger partial charge in [0.15, 0.2) is 0 Å². The number of benzene rings is 2. The van der Waals surface area contributed by atoms with Crippen LogP contribution in [0.25, 0.3) is 0 Å². The molecule has 0 spiro atoms. The van der Waals surface area contributed by atoms with E-state index in [1.807, 2.05) is 26.0 Å². The minimum absolute atomic E-state index is 0.130. The van der Waals surface area contributed by atoms with Crippen LogP contribution in [0.4, 0.5) is 18.0 Å². The van der Waals surface area contributed by atoms with Crippen molar-refractivity contribution in [2.75, 3.05) is 0 Å². The summed E-state index contributed by atoms with van der Waals surface area (Å²) in [4.78, 5) is 15.3. The van der Waals surface area contributed by atoms with Crippen molar-refractivity contribution in [2.45, 2.75) is 33.2 Å². The molecule has 2 aromatic carbocycles. The van der Waals surface area contributed by atoms with E-state index in [1.54, 1.807) is 12.1 Å². The maximum atomic E-state index is 12.3. The first-order valence-electron chi connectivity index (χ1n) is 9.62. The summed E-state index contributed by atoms with van der Waals surface area (Å²) < 4.78 is 51.8. The molecule has 33 heavy (non-hydrogen) atoms. The Kier molecular flexibility index (Phi) is 7.67. The fraction of sp³-hybridized carbons (Fsp3) is 0.217. The molecule has 6 nitrogen and oxygen atoms in total. The molecule has 3 aromatic rings. The topological polar surface area (TPSA) is 80.7 Å². The molecular formula is C23H18F3INO5-. The van der Waals surface area contributed by atoms with Crippen LogP contribution in [-0.4, -0.2) is 17.5 Å². The summed E-state index contributed by atoms with van der Waals surface area (Å²) in [5, 5.41) is 10.8. The quantitative estimate of drug-likeness (QED) is 0.277. The minimum Gasteiger partial charge on any atom is -0.545 e. The zero-order valence-electron chi connectivity index (χ0n) is 17.5. The molecule has 3 rings (SSSR count). The molecule has 0 aliphatic heterocycles. The monoisotopic (exact) mass is 572 g/mol. The van der Waals surface area contributed by atoms with Crippen LogP contribution in [0, 0.1) is 17.4 Å². The molecule has 0 aliphatic carbocycles. The standard InChI is InChI=1S/C23H19F3INO5/c1-13-19(20(12-31-22(29)30)21(27)14(2)28-13)11-15-3-5-16(6-4-15)32-17-7-9-18(10-8-17)33-23(24,25)26/h3-10H,11-12H2,1-2H3,(H,29,30)/p-1. The van der Waals surface area contributed by atoms with Gasteiger partial charge in [-0.25, -0.2) is 0 Å². The third kappa shape index (κ3) is 6.98. The summed E-state index contributed by atoms with van der Waals surface area (Å²) in [6.45, 7) is 3.56. The summed E-state index contributed by atoms with van der Waals surface area (Å²) in [5.74, 6) is 0.518. The van der Waals surface area contributed by atoms with Crippen LogP contribution in [0.15, 0.2) is 48.5 Å². The van der Waals surface area contributed by atoms with Crippen LogP contribution in [0.1, 0.15) is 28.1 Å². The van der Waals surface area contributed by atoms with E-state index in [0.29, 0.717) is 17.9 Å². The number of aryl methyl sites for hydroxylation is 2. The van der Waals surface area contributed by atoms with Gasteiger partial charge in [0, 0.05) is 9.26 Å². The number of alkyl halides is 3. The number of hydrogen-bond donors (Lipinski definition) is 0. The van der Waals surface area contributed by atoms with Crippen LogP contribution in [0.3, 0.4) is 0 Å². The number of nitrogens with zero attached hydrogens (tertiary/aromatic N) is 1. The molecule has 0 saturated carbocycles. The van der Waals surface area contributed by atoms with Crippen molar-refractivity contribution in [1.29, 1.82) is 0 Å². The Morgan fingerprint density at radius 1 is 0.939 bits per heavy atom. The fourth-order valence-electron chi connectivity index (χ4n) is 3.18. The highest BCUT2D eigenvalue weighted by molar-refractivity contribution is 14.1. The zero-order valence-corrected chi connectivity index (χ0v) is 19.7. The lowest BCUT2D eigenvalue weighted by molar-refractivity contribution is -0.284. The highest BCUT2D eigenvalue weighted by atomic mass is 127. The Bertz CT molecular complexity index is 1130. The van der Waals surface area contributed by atoms with Gasteiger partial charge in [-0.15, -0.1) is 13.2 Å². The van der Waals surface area contributed by atoms with E-state index in [4.69, 9.17) is 9.47 Å². The molecule has 0 N–H and O–H groups in total. The summed E-state index contributed by atoms with van der Waals surface area (Å²) in [7, 11) is 0. The second-order valence-electron chi connectivity index (χ2n) is 7.03. The first kappa shape index (κ1) is 24.6. The number of aromatic nitrogens is 1. The van der Waals surface area contributed by atoms with E-state index in [9.17, 15) is 23.1 Å². The number of carbonyl (C=O) groups is 1. The van der Waals surface area contributed by atoms with Gasteiger partial charge >= 0.3 is 6.36 Å². The smallest absolute Gasteiger partial charge is 0.545 e. The molecule has 0 radical (unpaired) electrons. The number of carbonyl (C=O) groups excluding carboxylic acids is 1. The van der Waals surface area contributed by atoms with Gasteiger partial charge in [-0.2, -0.15) is 0 Å². The number of ether oxygens (including phenoxy) is 3. The molecular weight excluding hydrogens is 554 g/mol. The third-order valence-electron chi connectivity index (χ3n) is 4.65. The zero-order chi connectivity index (χ0) is 24.2. The molecule has 0 aliphatic rings. The van der Waals surface area contributed by atoms with Crippen molar-refractivity contribution in [3.05, 3.63) is 80.2 Å². The fourth-order valence-corrected chi connectivity index (χ4v) is 3.78. The predicted octanol–water partition coefficient (Wildman–Crippen LogP) is 5.44. The van der Waals surface area contributed by atoms with Gasteiger partial charge in [0.25, 0.3) is 6.16 Å². The second-order valence-corrected chi connectivity index (χ2v) is 8.11. The van der Waals surface area contributed by atoms with Crippen molar-refractivity contribution < 1.29 is 37.3 Å². The Balaban J connectivity index is 1.73. The molecule has 0 amide bonds. The first-order valence-corrected chi connectivity index (χ1v) is 10.7. The number of carboxylic acid groups (broad SMARTS) is 1. The number of hydrogen-bond acceptors (Lipinski definition) is 6. The molecule has 10 heteroatoms. The average molecular weight is 572 g/mol. The number of rotatable bonds is 7. The van der Waals surface area contributed by atoms with Gasteiger partial charge in [-0.1, -0.05) is 12.1 Å². The third-order valence-corrected chi connectivity index (χ3v) is 6.08. The molecule has 0 unspecified atom stereocenters. The maximum absolute atomic E-state index is 12.3. The van der Waals surface area contributed by atoms with Gasteiger partial charge in [0.1, 0.15) is 17.2 Å². The number of halogens is 4. The van der Waals surface area contributed by atoms with Crippen LogP contribution in [0.5, 0.6) is 17.2 Å². The molecule has 0 fully saturated rings. The van der Waals surface area contributed by atoms with E-state index in [0.717, 1.165) is 31.6 Å². The van der Waals surface area contributed by atoms with Crippen LogP contribution >= 0.6 is 22.6 Å². The van der Waals surface area contributed by atoms with Gasteiger partial charge in [-0.05, 0) is 95.9 Å². The van der Waals surface area contributed by atoms with Crippen LogP contribution in [-0.2, 0) is 17.8 Å². The van der Waals surface area contributed by atoms with E-state index in [2.05, 4.69) is 32.3 Å². The lowest BCUT2D eigenvalue weighted by atomic mass is 9.98. The normalized spacial score (nSPS) is 11.2. The molecule has 174 valence electrons. The summed E-state index contributed by atoms with van der Waals surface area (Å²) >= 11 is 2.12. The van der Waals surface area contributed by atoms with Gasteiger partial charge in [0.2, 0.25) is 0 Å². The molecule has 0 saturated heterocycles. The maximum Gasteiger partial charge on any atom is 0.573 e. The van der Waals surface area contributed by atoms with E-state index >= 15 is 0 Å². The minimum atomic E-state index is -4.75.